The van der Waals surface area contributed by atoms with Gasteiger partial charge in [-0.1, -0.05) is 24.3 Å². The van der Waals surface area contributed by atoms with Crippen LogP contribution in [0.5, 0.6) is 0 Å². The van der Waals surface area contributed by atoms with E-state index in [2.05, 4.69) is 5.32 Å². The van der Waals surface area contributed by atoms with Gasteiger partial charge < -0.3 is 0 Å². The molecule has 6 heteroatoms. The van der Waals surface area contributed by atoms with Crippen molar-refractivity contribution in [2.24, 2.45) is 5.41 Å². The lowest BCUT2D eigenvalue weighted by molar-refractivity contribution is -0.429. The number of nitrogens with one attached hydrogen (secondary N) is 1. The van der Waals surface area contributed by atoms with E-state index in [0.717, 1.165) is 5.57 Å². The molecule has 0 aromatic carbocycles. The van der Waals surface area contributed by atoms with Crippen LogP contribution in [0.1, 0.15) is 12.8 Å². The van der Waals surface area contributed by atoms with Crippen LogP contribution in [0.2, 0.25) is 0 Å². The summed E-state index contributed by atoms with van der Waals surface area (Å²) in [4.78, 5) is 34.1. The predicted octanol–water partition coefficient (Wildman–Crippen LogP) is 1.01. The van der Waals surface area contributed by atoms with E-state index in [-0.39, 0.29) is 18.5 Å². The third-order valence-corrected chi connectivity index (χ3v) is 3.74. The van der Waals surface area contributed by atoms with Crippen LogP contribution in [0.15, 0.2) is 47.2 Å². The van der Waals surface area contributed by atoms with Crippen LogP contribution >= 0.6 is 0 Å². The molecule has 1 N–H and O–H groups in total. The zero-order valence-corrected chi connectivity index (χ0v) is 9.88. The molecule has 1 unspecified atom stereocenters. The molecule has 1 atom stereocenters. The Morgan fingerprint density at radius 2 is 2.00 bits per heavy atom. The first-order valence-corrected chi connectivity index (χ1v) is 5.82. The molecule has 0 aromatic rings. The standard InChI is InChI=1S/C13H10N2O4/c16-11-7-13-6-9(15(18)19)5-4-8(13)2-1-3-10(13)12(17)14-11/h1-5H,6-7H2,(H,14,16,17). The summed E-state index contributed by atoms with van der Waals surface area (Å²) in [6, 6.07) is 0. The number of imide groups is 1. The van der Waals surface area contributed by atoms with Crippen LogP contribution in [0.4, 0.5) is 0 Å². The van der Waals surface area contributed by atoms with Crippen LogP contribution in [0.25, 0.3) is 0 Å². The monoisotopic (exact) mass is 258 g/mol. The van der Waals surface area contributed by atoms with Gasteiger partial charge in [-0.15, -0.1) is 0 Å². The summed E-state index contributed by atoms with van der Waals surface area (Å²) in [5.74, 6) is -0.857. The molecule has 0 aromatic heterocycles. The molecule has 0 radical (unpaired) electrons. The van der Waals surface area contributed by atoms with Crippen LogP contribution in [-0.4, -0.2) is 16.7 Å². The molecule has 19 heavy (non-hydrogen) atoms. The van der Waals surface area contributed by atoms with Crippen molar-refractivity contribution >= 4 is 11.8 Å². The molecule has 6 nitrogen and oxygen atoms in total. The molecule has 96 valence electrons. The smallest absolute Gasteiger partial charge is 0.254 e. The largest absolute Gasteiger partial charge is 0.293 e. The normalized spacial score (nSPS) is 28.5. The van der Waals surface area contributed by atoms with Gasteiger partial charge in [-0.3, -0.25) is 25.0 Å². The molecular formula is C13H10N2O4. The van der Waals surface area contributed by atoms with E-state index >= 15 is 0 Å². The first-order valence-electron chi connectivity index (χ1n) is 5.82. The third kappa shape index (κ3) is 1.56. The number of hydrogen-bond acceptors (Lipinski definition) is 4. The molecule has 3 rings (SSSR count). The number of amides is 2. The Balaban J connectivity index is 2.15. The minimum Gasteiger partial charge on any atom is -0.293 e. The van der Waals surface area contributed by atoms with Gasteiger partial charge in [0.1, 0.15) is 0 Å². The van der Waals surface area contributed by atoms with Crippen molar-refractivity contribution in [3.05, 3.63) is 57.3 Å². The van der Waals surface area contributed by atoms with Crippen molar-refractivity contribution in [2.45, 2.75) is 12.8 Å². The number of nitro groups is 1. The minimum atomic E-state index is -0.870. The molecule has 0 saturated carbocycles. The zero-order chi connectivity index (χ0) is 13.6. The van der Waals surface area contributed by atoms with Gasteiger partial charge in [-0.2, -0.15) is 0 Å². The number of carbonyl (C=O) groups is 2. The van der Waals surface area contributed by atoms with Gasteiger partial charge in [0.2, 0.25) is 11.6 Å². The van der Waals surface area contributed by atoms with Crippen LogP contribution < -0.4 is 5.32 Å². The summed E-state index contributed by atoms with van der Waals surface area (Å²) in [6.45, 7) is 0. The molecule has 1 heterocycles. The second kappa shape index (κ2) is 3.74. The molecule has 1 spiro atoms. The predicted molar refractivity (Wildman–Crippen MR) is 65.2 cm³/mol. The van der Waals surface area contributed by atoms with Crippen molar-refractivity contribution < 1.29 is 14.5 Å². The lowest BCUT2D eigenvalue weighted by Gasteiger charge is -2.41. The highest BCUT2D eigenvalue weighted by atomic mass is 16.6. The number of allylic oxidation sites excluding steroid dienone is 7. The van der Waals surface area contributed by atoms with E-state index in [4.69, 9.17) is 0 Å². The zero-order valence-electron chi connectivity index (χ0n) is 9.88. The maximum atomic E-state index is 11.9. The maximum Gasteiger partial charge on any atom is 0.254 e. The summed E-state index contributed by atoms with van der Waals surface area (Å²) in [7, 11) is 0. The van der Waals surface area contributed by atoms with Gasteiger partial charge in [-0.25, -0.2) is 0 Å². The fraction of sp³-hybridized carbons (Fsp3) is 0.231. The molecule has 3 aliphatic rings. The number of carbonyl (C=O) groups excluding carboxylic acids is 2. The Labute approximate surface area is 108 Å². The Hall–Kier alpha value is -2.50. The average Bonchev–Trinajstić information content (AvgIpc) is 2.35. The lowest BCUT2D eigenvalue weighted by Crippen LogP contribution is -2.49. The van der Waals surface area contributed by atoms with Gasteiger partial charge in [0.05, 0.1) is 11.3 Å². The van der Waals surface area contributed by atoms with Crippen molar-refractivity contribution in [1.29, 1.82) is 0 Å². The molecule has 1 saturated heterocycles. The lowest BCUT2D eigenvalue weighted by atomic mass is 9.62. The number of nitrogens with zero attached hydrogens (tertiary/aromatic N) is 1. The molecule has 0 bridgehead atoms. The SMILES string of the molecule is O=C1CC23CC([N+](=O)[O-])=CC=C2C=CC=C3C(=O)N1. The van der Waals surface area contributed by atoms with E-state index in [1.54, 1.807) is 24.3 Å². The van der Waals surface area contributed by atoms with E-state index in [1.165, 1.54) is 6.08 Å². The molecule has 2 amide bonds. The number of hydrogen-bond donors (Lipinski definition) is 1. The minimum absolute atomic E-state index is 0.0208. The highest BCUT2D eigenvalue weighted by Crippen LogP contribution is 2.50. The first kappa shape index (κ1) is 11.6. The Bertz CT molecular complexity index is 639. The van der Waals surface area contributed by atoms with Gasteiger partial charge in [0, 0.05) is 23.5 Å². The quantitative estimate of drug-likeness (QED) is 0.431. The highest BCUT2D eigenvalue weighted by molar-refractivity contribution is 6.10. The summed E-state index contributed by atoms with van der Waals surface area (Å²) in [6.07, 6.45) is 8.33. The van der Waals surface area contributed by atoms with E-state index in [0.29, 0.717) is 5.57 Å². The van der Waals surface area contributed by atoms with Crippen molar-refractivity contribution in [2.75, 3.05) is 0 Å². The summed E-state index contributed by atoms with van der Waals surface area (Å²) in [5.41, 5.74) is 0.352. The van der Waals surface area contributed by atoms with E-state index in [9.17, 15) is 19.7 Å². The topological polar surface area (TPSA) is 89.3 Å². The first-order chi connectivity index (χ1) is 9.03. The van der Waals surface area contributed by atoms with E-state index in [1.807, 2.05) is 0 Å². The van der Waals surface area contributed by atoms with E-state index < -0.39 is 22.2 Å². The fourth-order valence-electron chi connectivity index (χ4n) is 2.88. The Kier molecular flexibility index (Phi) is 2.28. The van der Waals surface area contributed by atoms with Crippen LogP contribution in [0, 0.1) is 15.5 Å². The molecular weight excluding hydrogens is 248 g/mol. The second-order valence-electron chi connectivity index (χ2n) is 4.79. The van der Waals surface area contributed by atoms with Crippen molar-refractivity contribution in [3.63, 3.8) is 0 Å². The highest BCUT2D eigenvalue weighted by Gasteiger charge is 2.50. The van der Waals surface area contributed by atoms with Crippen molar-refractivity contribution in [3.8, 4) is 0 Å². The van der Waals surface area contributed by atoms with Gasteiger partial charge in [0.25, 0.3) is 5.91 Å². The fourth-order valence-corrected chi connectivity index (χ4v) is 2.88. The molecule has 1 fully saturated rings. The number of piperidine rings is 1. The Morgan fingerprint density at radius 3 is 2.74 bits per heavy atom. The van der Waals surface area contributed by atoms with Crippen molar-refractivity contribution in [1.82, 2.24) is 5.32 Å². The molecule has 2 aliphatic carbocycles. The maximum absolute atomic E-state index is 11.9. The van der Waals surface area contributed by atoms with Gasteiger partial charge >= 0.3 is 0 Å². The van der Waals surface area contributed by atoms with Crippen LogP contribution in [-0.2, 0) is 9.59 Å². The summed E-state index contributed by atoms with van der Waals surface area (Å²) < 4.78 is 0. The summed E-state index contributed by atoms with van der Waals surface area (Å²) >= 11 is 0. The summed E-state index contributed by atoms with van der Waals surface area (Å²) in [5, 5.41) is 13.2. The van der Waals surface area contributed by atoms with Gasteiger partial charge in [-0.05, 0) is 5.57 Å². The average molecular weight is 258 g/mol. The number of rotatable bonds is 1. The Morgan fingerprint density at radius 1 is 1.21 bits per heavy atom. The van der Waals surface area contributed by atoms with Gasteiger partial charge in [0.15, 0.2) is 0 Å². The van der Waals surface area contributed by atoms with Crippen LogP contribution in [0.3, 0.4) is 0 Å². The third-order valence-electron chi connectivity index (χ3n) is 3.74. The second-order valence-corrected chi connectivity index (χ2v) is 4.79. The molecule has 1 aliphatic heterocycles.